The van der Waals surface area contributed by atoms with Gasteiger partial charge in [0.15, 0.2) is 0 Å². The van der Waals surface area contributed by atoms with Crippen LogP contribution >= 0.6 is 11.6 Å². The summed E-state index contributed by atoms with van der Waals surface area (Å²) >= 11 is 5.79. The lowest BCUT2D eigenvalue weighted by Crippen LogP contribution is -2.30. The Morgan fingerprint density at radius 3 is 2.53 bits per heavy atom. The Hall–Kier alpha value is -0.570. The molecule has 1 aromatic carbocycles. The second-order valence-electron chi connectivity index (χ2n) is 4.11. The molecule has 0 aliphatic carbocycles. The molecule has 0 aliphatic rings. The fraction of sp³-hybridized carbons (Fsp3) is 0.571. The van der Waals surface area contributed by atoms with E-state index in [4.69, 9.17) is 16.3 Å². The number of aryl methyl sites for hydroxylation is 1. The number of rotatable bonds is 9. The first-order valence-corrected chi connectivity index (χ1v) is 6.71. The summed E-state index contributed by atoms with van der Waals surface area (Å²) in [6, 6.07) is 10.6. The maximum atomic E-state index is 5.79. The van der Waals surface area contributed by atoms with Crippen molar-refractivity contribution in [2.75, 3.05) is 39.2 Å². The van der Waals surface area contributed by atoms with Gasteiger partial charge in [-0.2, -0.15) is 0 Å². The first-order chi connectivity index (χ1) is 8.36. The summed E-state index contributed by atoms with van der Waals surface area (Å²) in [5.41, 5.74) is 1.41. The maximum absolute atomic E-state index is 5.79. The normalized spacial score (nSPS) is 11.0. The number of hydrogen-bond donors (Lipinski definition) is 0. The van der Waals surface area contributed by atoms with Crippen LogP contribution in [0.4, 0.5) is 0 Å². The summed E-state index contributed by atoms with van der Waals surface area (Å²) in [5, 5.41) is 0. The number of benzene rings is 1. The van der Waals surface area contributed by atoms with Crippen molar-refractivity contribution in [2.45, 2.75) is 12.8 Å². The molecule has 0 N–H and O–H groups in total. The van der Waals surface area contributed by atoms with Crippen LogP contribution in [0, 0.1) is 0 Å². The summed E-state index contributed by atoms with van der Waals surface area (Å²) in [7, 11) is 1.74. The van der Waals surface area contributed by atoms with Gasteiger partial charge in [-0.05, 0) is 24.9 Å². The molecule has 0 atom stereocenters. The average molecular weight is 256 g/mol. The lowest BCUT2D eigenvalue weighted by molar-refractivity contribution is 0.150. The Morgan fingerprint density at radius 1 is 1.12 bits per heavy atom. The smallest absolute Gasteiger partial charge is 0.0589 e. The zero-order chi connectivity index (χ0) is 12.3. The molecule has 0 heterocycles. The van der Waals surface area contributed by atoms with Crippen molar-refractivity contribution in [3.63, 3.8) is 0 Å². The minimum absolute atomic E-state index is 0.690. The van der Waals surface area contributed by atoms with Crippen molar-refractivity contribution in [2.24, 2.45) is 0 Å². The van der Waals surface area contributed by atoms with Crippen molar-refractivity contribution < 1.29 is 4.74 Å². The SMILES string of the molecule is COCCN(CCCl)CCCc1ccccc1. The molecule has 0 fully saturated rings. The van der Waals surface area contributed by atoms with Crippen molar-refractivity contribution in [1.29, 1.82) is 0 Å². The van der Waals surface area contributed by atoms with Gasteiger partial charge in [-0.3, -0.25) is 4.90 Å². The van der Waals surface area contributed by atoms with Gasteiger partial charge < -0.3 is 4.74 Å². The summed E-state index contributed by atoms with van der Waals surface area (Å²) in [4.78, 5) is 2.36. The molecule has 0 saturated carbocycles. The Labute approximate surface area is 110 Å². The van der Waals surface area contributed by atoms with Crippen LogP contribution in [0.25, 0.3) is 0 Å². The van der Waals surface area contributed by atoms with Gasteiger partial charge in [0.1, 0.15) is 0 Å². The quantitative estimate of drug-likeness (QED) is 0.629. The van der Waals surface area contributed by atoms with Gasteiger partial charge in [0.05, 0.1) is 6.61 Å². The third-order valence-corrected chi connectivity index (χ3v) is 2.96. The molecule has 0 amide bonds. The summed E-state index contributed by atoms with van der Waals surface area (Å²) in [6.45, 7) is 3.78. The highest BCUT2D eigenvalue weighted by Gasteiger charge is 2.03. The number of methoxy groups -OCH3 is 1. The highest BCUT2D eigenvalue weighted by atomic mass is 35.5. The van der Waals surface area contributed by atoms with E-state index in [9.17, 15) is 0 Å². The van der Waals surface area contributed by atoms with E-state index in [0.29, 0.717) is 5.88 Å². The van der Waals surface area contributed by atoms with Crippen LogP contribution in [0.15, 0.2) is 30.3 Å². The molecule has 96 valence electrons. The highest BCUT2D eigenvalue weighted by molar-refractivity contribution is 6.18. The monoisotopic (exact) mass is 255 g/mol. The molecule has 1 rings (SSSR count). The lowest BCUT2D eigenvalue weighted by Gasteiger charge is -2.20. The minimum atomic E-state index is 0.690. The lowest BCUT2D eigenvalue weighted by atomic mass is 10.1. The third kappa shape index (κ3) is 6.67. The van der Waals surface area contributed by atoms with E-state index in [0.717, 1.165) is 32.7 Å². The van der Waals surface area contributed by atoms with Crippen LogP contribution in [-0.4, -0.2) is 44.1 Å². The molecule has 0 unspecified atom stereocenters. The topological polar surface area (TPSA) is 12.5 Å². The number of nitrogens with zero attached hydrogens (tertiary/aromatic N) is 1. The highest BCUT2D eigenvalue weighted by Crippen LogP contribution is 2.03. The fourth-order valence-corrected chi connectivity index (χ4v) is 2.07. The molecule has 0 aliphatic heterocycles. The zero-order valence-corrected chi connectivity index (χ0v) is 11.3. The summed E-state index contributed by atoms with van der Waals surface area (Å²) in [6.07, 6.45) is 2.30. The van der Waals surface area contributed by atoms with Crippen molar-refractivity contribution in [1.82, 2.24) is 4.90 Å². The third-order valence-electron chi connectivity index (χ3n) is 2.80. The molecular formula is C14H22ClNO. The average Bonchev–Trinajstić information content (AvgIpc) is 2.37. The van der Waals surface area contributed by atoms with Crippen LogP contribution in [0.3, 0.4) is 0 Å². The van der Waals surface area contributed by atoms with E-state index in [1.807, 2.05) is 0 Å². The molecule has 0 aromatic heterocycles. The van der Waals surface area contributed by atoms with E-state index in [-0.39, 0.29) is 0 Å². The molecule has 1 aromatic rings. The second-order valence-corrected chi connectivity index (χ2v) is 4.49. The predicted molar refractivity (Wildman–Crippen MR) is 73.8 cm³/mol. The van der Waals surface area contributed by atoms with Gasteiger partial charge in [-0.1, -0.05) is 30.3 Å². The Kier molecular flexibility index (Phi) is 8.06. The Morgan fingerprint density at radius 2 is 1.88 bits per heavy atom. The van der Waals surface area contributed by atoms with E-state index in [2.05, 4.69) is 35.2 Å². The zero-order valence-electron chi connectivity index (χ0n) is 10.6. The maximum Gasteiger partial charge on any atom is 0.0589 e. The van der Waals surface area contributed by atoms with Crippen molar-refractivity contribution in [3.8, 4) is 0 Å². The minimum Gasteiger partial charge on any atom is -0.383 e. The Bertz CT molecular complexity index is 279. The molecule has 17 heavy (non-hydrogen) atoms. The fourth-order valence-electron chi connectivity index (χ4n) is 1.83. The summed E-state index contributed by atoms with van der Waals surface area (Å²) in [5.74, 6) is 0.690. The van der Waals surface area contributed by atoms with Crippen molar-refractivity contribution in [3.05, 3.63) is 35.9 Å². The largest absolute Gasteiger partial charge is 0.383 e. The molecule has 3 heteroatoms. The molecular weight excluding hydrogens is 234 g/mol. The molecule has 0 bridgehead atoms. The van der Waals surface area contributed by atoms with Gasteiger partial charge in [0.2, 0.25) is 0 Å². The van der Waals surface area contributed by atoms with E-state index in [1.54, 1.807) is 7.11 Å². The standard InChI is InChI=1S/C14H22ClNO/c1-17-13-12-16(11-9-15)10-5-8-14-6-3-2-4-7-14/h2-4,6-7H,5,8-13H2,1H3. The van der Waals surface area contributed by atoms with Crippen LogP contribution in [0.2, 0.25) is 0 Å². The molecule has 0 spiro atoms. The number of halogens is 1. The van der Waals surface area contributed by atoms with Crippen LogP contribution in [0.5, 0.6) is 0 Å². The molecule has 0 radical (unpaired) electrons. The number of ether oxygens (including phenoxy) is 1. The van der Waals surface area contributed by atoms with Gasteiger partial charge in [-0.15, -0.1) is 11.6 Å². The summed E-state index contributed by atoms with van der Waals surface area (Å²) < 4.78 is 5.10. The second kappa shape index (κ2) is 9.46. The van der Waals surface area contributed by atoms with Crippen molar-refractivity contribution >= 4 is 11.6 Å². The first-order valence-electron chi connectivity index (χ1n) is 6.18. The van der Waals surface area contributed by atoms with Gasteiger partial charge in [0.25, 0.3) is 0 Å². The van der Waals surface area contributed by atoms with Gasteiger partial charge >= 0.3 is 0 Å². The van der Waals surface area contributed by atoms with E-state index < -0.39 is 0 Å². The van der Waals surface area contributed by atoms with E-state index in [1.165, 1.54) is 12.0 Å². The van der Waals surface area contributed by atoms with Crippen LogP contribution in [0.1, 0.15) is 12.0 Å². The first kappa shape index (κ1) is 14.5. The Balaban J connectivity index is 2.22. The number of alkyl halides is 1. The molecule has 2 nitrogen and oxygen atoms in total. The van der Waals surface area contributed by atoms with Crippen LogP contribution in [-0.2, 0) is 11.2 Å². The predicted octanol–water partition coefficient (Wildman–Crippen LogP) is 2.81. The van der Waals surface area contributed by atoms with E-state index >= 15 is 0 Å². The number of hydrogen-bond acceptors (Lipinski definition) is 2. The molecule has 0 saturated heterocycles. The van der Waals surface area contributed by atoms with Gasteiger partial charge in [0, 0.05) is 26.1 Å². The van der Waals surface area contributed by atoms with Crippen LogP contribution < -0.4 is 0 Å². The van der Waals surface area contributed by atoms with Gasteiger partial charge in [-0.25, -0.2) is 0 Å².